The maximum absolute atomic E-state index is 9.25. The highest BCUT2D eigenvalue weighted by Gasteiger charge is 2.30. The number of fused-ring (bicyclic) bond motifs is 3. The van der Waals surface area contributed by atoms with Crippen LogP contribution in [0.3, 0.4) is 0 Å². The van der Waals surface area contributed by atoms with E-state index in [4.69, 9.17) is 9.73 Å². The molecule has 5 heteroatoms. The van der Waals surface area contributed by atoms with E-state index < -0.39 is 0 Å². The summed E-state index contributed by atoms with van der Waals surface area (Å²) in [6, 6.07) is 8.28. The number of hydrogen-bond donors (Lipinski definition) is 0. The molecule has 0 fully saturated rings. The smallest absolute Gasteiger partial charge is 0.137 e. The first-order valence-corrected chi connectivity index (χ1v) is 8.44. The van der Waals surface area contributed by atoms with Crippen LogP contribution in [0.5, 0.6) is 5.75 Å². The third-order valence-corrected chi connectivity index (χ3v) is 4.85. The van der Waals surface area contributed by atoms with E-state index in [1.54, 1.807) is 13.2 Å². The van der Waals surface area contributed by atoms with Crippen LogP contribution in [0.2, 0.25) is 0 Å². The largest absolute Gasteiger partial charge is 0.497 e. The Kier molecular flexibility index (Phi) is 3.62. The van der Waals surface area contributed by atoms with Gasteiger partial charge in [-0.15, -0.1) is 0 Å². The highest BCUT2D eigenvalue weighted by Crippen LogP contribution is 2.42. The predicted molar refractivity (Wildman–Crippen MR) is 97.4 cm³/mol. The van der Waals surface area contributed by atoms with E-state index in [1.807, 2.05) is 29.3 Å². The zero-order valence-corrected chi connectivity index (χ0v) is 14.7. The average molecular weight is 380 g/mol. The van der Waals surface area contributed by atoms with Crippen LogP contribution in [0.25, 0.3) is 5.70 Å². The van der Waals surface area contributed by atoms with Crippen molar-refractivity contribution in [3.05, 3.63) is 69.5 Å². The van der Waals surface area contributed by atoms with Crippen molar-refractivity contribution in [2.75, 3.05) is 7.11 Å². The molecule has 0 saturated heterocycles. The summed E-state index contributed by atoms with van der Waals surface area (Å²) < 4.78 is 6.29. The van der Waals surface area contributed by atoms with Crippen molar-refractivity contribution in [1.29, 1.82) is 5.26 Å². The maximum atomic E-state index is 9.25. The first kappa shape index (κ1) is 15.0. The molecule has 3 aliphatic rings. The van der Waals surface area contributed by atoms with Gasteiger partial charge in [-0.2, -0.15) is 5.26 Å². The monoisotopic (exact) mass is 379 g/mol. The van der Waals surface area contributed by atoms with E-state index >= 15 is 0 Å². The molecule has 0 atom stereocenters. The number of nitrogens with zero attached hydrogens (tertiary/aromatic N) is 3. The molecule has 1 aliphatic carbocycles. The Hall–Kier alpha value is -2.58. The number of aryl methyl sites for hydroxylation is 1. The van der Waals surface area contributed by atoms with E-state index in [0.717, 1.165) is 51.4 Å². The van der Waals surface area contributed by atoms with Gasteiger partial charge in [0.15, 0.2) is 0 Å². The molecule has 0 spiro atoms. The molecule has 24 heavy (non-hydrogen) atoms. The fraction of sp³-hybridized carbons (Fsp3) is 0.158. The Morgan fingerprint density at radius 1 is 1.33 bits per heavy atom. The van der Waals surface area contributed by atoms with Crippen molar-refractivity contribution >= 4 is 27.5 Å². The standard InChI is InChI=1S/C19H14BrN3O/c1-24-14-4-6-15-12(10-14)2-5-16-17(8-9-21)23-11-13(20)3-7-18(23)22-19(15)16/h3-4,6-8,10-11H,2,5H2,1H3/b17-8-. The number of halogens is 1. The molecule has 2 heterocycles. The average Bonchev–Trinajstić information content (AvgIpc) is 2.61. The van der Waals surface area contributed by atoms with Crippen molar-refractivity contribution in [2.45, 2.75) is 12.8 Å². The molecule has 1 aromatic carbocycles. The van der Waals surface area contributed by atoms with Crippen molar-refractivity contribution in [2.24, 2.45) is 4.99 Å². The lowest BCUT2D eigenvalue weighted by Crippen LogP contribution is -2.31. The van der Waals surface area contributed by atoms with E-state index in [1.165, 1.54) is 5.56 Å². The third-order valence-electron chi connectivity index (χ3n) is 4.38. The molecule has 118 valence electrons. The second-order valence-electron chi connectivity index (χ2n) is 5.70. The summed E-state index contributed by atoms with van der Waals surface area (Å²) >= 11 is 3.50. The van der Waals surface area contributed by atoms with Crippen LogP contribution >= 0.6 is 15.9 Å². The summed E-state index contributed by atoms with van der Waals surface area (Å²) in [5, 5.41) is 9.25. The molecular weight excluding hydrogens is 366 g/mol. The number of benzene rings is 1. The minimum Gasteiger partial charge on any atom is -0.497 e. The number of nitriles is 1. The second-order valence-corrected chi connectivity index (χ2v) is 6.61. The van der Waals surface area contributed by atoms with Crippen molar-refractivity contribution in [1.82, 2.24) is 4.90 Å². The van der Waals surface area contributed by atoms with Crippen LogP contribution in [-0.4, -0.2) is 17.8 Å². The number of rotatable bonds is 1. The minimum atomic E-state index is 0.821. The number of hydrogen-bond acceptors (Lipinski definition) is 4. The van der Waals surface area contributed by atoms with Crippen LogP contribution in [-0.2, 0) is 6.42 Å². The molecule has 0 radical (unpaired) electrons. The third kappa shape index (κ3) is 2.31. The van der Waals surface area contributed by atoms with Gasteiger partial charge in [0, 0.05) is 27.9 Å². The molecule has 0 unspecified atom stereocenters. The van der Waals surface area contributed by atoms with Crippen molar-refractivity contribution < 1.29 is 4.74 Å². The van der Waals surface area contributed by atoms with E-state index in [9.17, 15) is 5.26 Å². The Bertz CT molecular complexity index is 928. The zero-order chi connectivity index (χ0) is 16.7. The van der Waals surface area contributed by atoms with Gasteiger partial charge in [-0.3, -0.25) is 4.90 Å². The van der Waals surface area contributed by atoms with E-state index in [0.29, 0.717) is 0 Å². The highest BCUT2D eigenvalue weighted by atomic mass is 79.9. The van der Waals surface area contributed by atoms with Gasteiger partial charge in [0.1, 0.15) is 11.6 Å². The SMILES string of the molecule is COc1ccc2c(c1)CCC1=C2N=C2C=CC(Br)=CN2/C1=C\C#N. The summed E-state index contributed by atoms with van der Waals surface area (Å²) in [5.74, 6) is 1.68. The summed E-state index contributed by atoms with van der Waals surface area (Å²) in [6.07, 6.45) is 9.24. The lowest BCUT2D eigenvalue weighted by Gasteiger charge is -2.34. The molecule has 0 bridgehead atoms. The molecule has 0 aromatic heterocycles. The molecule has 2 aliphatic heterocycles. The van der Waals surface area contributed by atoms with Gasteiger partial charge in [0.05, 0.1) is 24.6 Å². The number of methoxy groups -OCH3 is 1. The van der Waals surface area contributed by atoms with E-state index in [2.05, 4.69) is 34.1 Å². The van der Waals surface area contributed by atoms with Crippen LogP contribution in [0.15, 0.2) is 63.4 Å². The lowest BCUT2D eigenvalue weighted by atomic mass is 9.86. The Morgan fingerprint density at radius 3 is 3.00 bits per heavy atom. The van der Waals surface area contributed by atoms with Gasteiger partial charge in [0.2, 0.25) is 0 Å². The van der Waals surface area contributed by atoms with Gasteiger partial charge < -0.3 is 4.74 Å². The van der Waals surface area contributed by atoms with Crippen LogP contribution in [0.1, 0.15) is 17.5 Å². The predicted octanol–water partition coefficient (Wildman–Crippen LogP) is 4.28. The molecule has 4 rings (SSSR count). The maximum Gasteiger partial charge on any atom is 0.137 e. The Labute approximate surface area is 148 Å². The molecule has 0 amide bonds. The molecular formula is C19H14BrN3O. The molecule has 0 saturated carbocycles. The van der Waals surface area contributed by atoms with Crippen molar-refractivity contribution in [3.63, 3.8) is 0 Å². The Balaban J connectivity index is 1.91. The summed E-state index contributed by atoms with van der Waals surface area (Å²) in [7, 11) is 1.68. The summed E-state index contributed by atoms with van der Waals surface area (Å²) in [6.45, 7) is 0. The molecule has 1 aromatic rings. The van der Waals surface area contributed by atoms with Crippen LogP contribution in [0.4, 0.5) is 0 Å². The second kappa shape index (κ2) is 5.81. The van der Waals surface area contributed by atoms with E-state index in [-0.39, 0.29) is 0 Å². The van der Waals surface area contributed by atoms with Crippen molar-refractivity contribution in [3.8, 4) is 11.8 Å². The van der Waals surface area contributed by atoms with Gasteiger partial charge in [-0.25, -0.2) is 4.99 Å². The minimum absolute atomic E-state index is 0.821. The lowest BCUT2D eigenvalue weighted by molar-refractivity contribution is 0.414. The topological polar surface area (TPSA) is 48.6 Å². The normalized spacial score (nSPS) is 19.9. The summed E-state index contributed by atoms with van der Waals surface area (Å²) in [4.78, 5) is 6.84. The van der Waals surface area contributed by atoms with Gasteiger partial charge in [0.25, 0.3) is 0 Å². The Morgan fingerprint density at radius 2 is 2.21 bits per heavy atom. The van der Waals surface area contributed by atoms with Crippen LogP contribution in [0, 0.1) is 11.3 Å². The van der Waals surface area contributed by atoms with Crippen LogP contribution < -0.4 is 4.74 Å². The molecule has 4 nitrogen and oxygen atoms in total. The van der Waals surface area contributed by atoms with Gasteiger partial charge in [-0.05, 0) is 64.7 Å². The number of ether oxygens (including phenoxy) is 1. The quantitative estimate of drug-likeness (QED) is 0.684. The zero-order valence-electron chi connectivity index (χ0n) is 13.1. The first-order chi connectivity index (χ1) is 11.7. The number of allylic oxidation sites excluding steroid dienone is 4. The van der Waals surface area contributed by atoms with Gasteiger partial charge >= 0.3 is 0 Å². The molecule has 0 N–H and O–H groups in total. The number of aliphatic imine (C=N–C) groups is 1. The summed E-state index contributed by atoms with van der Waals surface area (Å²) in [5.41, 5.74) is 5.33. The number of amidine groups is 1. The fourth-order valence-electron chi connectivity index (χ4n) is 3.28. The first-order valence-electron chi connectivity index (χ1n) is 7.65. The fourth-order valence-corrected chi connectivity index (χ4v) is 3.62. The van der Waals surface area contributed by atoms with Gasteiger partial charge in [-0.1, -0.05) is 0 Å². The highest BCUT2D eigenvalue weighted by molar-refractivity contribution is 9.11.